The van der Waals surface area contributed by atoms with E-state index in [2.05, 4.69) is 4.98 Å². The van der Waals surface area contributed by atoms with Crippen LogP contribution in [-0.2, 0) is 0 Å². The lowest BCUT2D eigenvalue weighted by Gasteiger charge is -2.00. The Morgan fingerprint density at radius 3 is 2.57 bits per heavy atom. The van der Waals surface area contributed by atoms with Crippen LogP contribution < -0.4 is 0 Å². The number of carbonyl (C=O) groups is 1. The number of nitrogens with zero attached hydrogens (tertiary/aromatic N) is 2. The topological polar surface area (TPSA) is 114 Å². The van der Waals surface area contributed by atoms with Crippen LogP contribution in [0.3, 0.4) is 0 Å². The van der Waals surface area contributed by atoms with Crippen LogP contribution in [-0.4, -0.2) is 26.1 Å². The van der Waals surface area contributed by atoms with Gasteiger partial charge in [-0.2, -0.15) is 0 Å². The van der Waals surface area contributed by atoms with Crippen molar-refractivity contribution in [2.24, 2.45) is 0 Å². The number of carboxylic acid groups (broad SMARTS) is 1. The van der Waals surface area contributed by atoms with Crippen molar-refractivity contribution in [2.75, 3.05) is 0 Å². The highest BCUT2D eigenvalue weighted by Gasteiger charge is 2.09. The minimum atomic E-state index is -1.23. The summed E-state index contributed by atoms with van der Waals surface area (Å²) < 4.78 is 0. The summed E-state index contributed by atoms with van der Waals surface area (Å²) in [5.41, 5.74) is 0.745. The fraction of sp³-hybridized carbons (Fsp3) is 0. The average molecular weight is 286 g/mol. The molecule has 0 atom stereocenters. The summed E-state index contributed by atoms with van der Waals surface area (Å²) in [4.78, 5) is 24.7. The van der Waals surface area contributed by atoms with Crippen LogP contribution in [0.2, 0.25) is 0 Å². The van der Waals surface area contributed by atoms with Crippen LogP contribution in [0.5, 0.6) is 5.75 Å². The van der Waals surface area contributed by atoms with Crippen molar-refractivity contribution in [3.8, 4) is 5.75 Å². The first-order valence-corrected chi connectivity index (χ1v) is 5.82. The largest absolute Gasteiger partial charge is 0.507 e. The second-order valence-corrected chi connectivity index (χ2v) is 4.11. The molecule has 0 unspecified atom stereocenters. The summed E-state index contributed by atoms with van der Waals surface area (Å²) in [6, 6.07) is 6.95. The van der Waals surface area contributed by atoms with E-state index in [9.17, 15) is 20.0 Å². The van der Waals surface area contributed by atoms with Gasteiger partial charge in [0.2, 0.25) is 0 Å². The molecular weight excluding hydrogens is 276 g/mol. The zero-order valence-corrected chi connectivity index (χ0v) is 10.6. The Bertz CT molecular complexity index is 723. The van der Waals surface area contributed by atoms with E-state index in [0.717, 1.165) is 6.20 Å². The van der Waals surface area contributed by atoms with Crippen molar-refractivity contribution in [2.45, 2.75) is 0 Å². The van der Waals surface area contributed by atoms with Gasteiger partial charge in [0.1, 0.15) is 17.5 Å². The van der Waals surface area contributed by atoms with Gasteiger partial charge in [-0.25, -0.2) is 9.78 Å². The van der Waals surface area contributed by atoms with Crippen molar-refractivity contribution in [1.82, 2.24) is 4.98 Å². The van der Waals surface area contributed by atoms with E-state index in [1.807, 2.05) is 0 Å². The number of pyridine rings is 1. The van der Waals surface area contributed by atoms with Crippen LogP contribution in [0.1, 0.15) is 21.6 Å². The van der Waals surface area contributed by atoms with Crippen molar-refractivity contribution >= 4 is 23.8 Å². The van der Waals surface area contributed by atoms with Gasteiger partial charge < -0.3 is 10.2 Å². The maximum Gasteiger partial charge on any atom is 0.339 e. The van der Waals surface area contributed by atoms with Crippen molar-refractivity contribution < 1.29 is 19.9 Å². The fourth-order valence-corrected chi connectivity index (χ4v) is 1.61. The number of aromatic nitrogens is 1. The Labute approximate surface area is 119 Å². The SMILES string of the molecule is O=C(O)c1cc(/C=C/c2ccc([N+](=O)[O-])cn2)ccc1O. The zero-order valence-electron chi connectivity index (χ0n) is 10.6. The molecular formula is C14H10N2O5. The smallest absolute Gasteiger partial charge is 0.339 e. The van der Waals surface area contributed by atoms with E-state index in [0.29, 0.717) is 11.3 Å². The third-order valence-electron chi connectivity index (χ3n) is 2.68. The highest BCUT2D eigenvalue weighted by atomic mass is 16.6. The Hall–Kier alpha value is -3.22. The van der Waals surface area contributed by atoms with Gasteiger partial charge in [-0.05, 0) is 29.8 Å². The predicted molar refractivity (Wildman–Crippen MR) is 74.9 cm³/mol. The van der Waals surface area contributed by atoms with Crippen molar-refractivity contribution in [3.05, 3.63) is 63.5 Å². The number of hydrogen-bond acceptors (Lipinski definition) is 5. The summed E-state index contributed by atoms with van der Waals surface area (Å²) in [5.74, 6) is -1.54. The second-order valence-electron chi connectivity index (χ2n) is 4.11. The van der Waals surface area contributed by atoms with E-state index < -0.39 is 10.9 Å². The Morgan fingerprint density at radius 1 is 1.24 bits per heavy atom. The molecule has 0 saturated heterocycles. The molecule has 0 radical (unpaired) electrons. The maximum atomic E-state index is 10.9. The van der Waals surface area contributed by atoms with Gasteiger partial charge in [-0.1, -0.05) is 12.1 Å². The lowest BCUT2D eigenvalue weighted by Crippen LogP contribution is -1.96. The molecule has 1 aromatic heterocycles. The maximum absolute atomic E-state index is 10.9. The molecule has 0 bridgehead atoms. The molecule has 0 aliphatic carbocycles. The number of hydrogen-bond donors (Lipinski definition) is 2. The molecule has 7 heteroatoms. The number of nitro groups is 1. The first-order valence-electron chi connectivity index (χ1n) is 5.82. The third-order valence-corrected chi connectivity index (χ3v) is 2.68. The Balaban J connectivity index is 2.23. The summed E-state index contributed by atoms with van der Waals surface area (Å²) in [6.07, 6.45) is 4.32. The molecule has 0 amide bonds. The molecule has 1 aromatic carbocycles. The fourth-order valence-electron chi connectivity index (χ4n) is 1.61. The van der Waals surface area contributed by atoms with E-state index in [1.54, 1.807) is 18.2 Å². The lowest BCUT2D eigenvalue weighted by molar-refractivity contribution is -0.385. The van der Waals surface area contributed by atoms with Gasteiger partial charge in [0.25, 0.3) is 5.69 Å². The monoisotopic (exact) mass is 286 g/mol. The number of rotatable bonds is 4. The molecule has 2 aromatic rings. The average Bonchev–Trinajstić information content (AvgIpc) is 2.46. The van der Waals surface area contributed by atoms with Crippen molar-refractivity contribution in [3.63, 3.8) is 0 Å². The number of carboxylic acids is 1. The summed E-state index contributed by atoms with van der Waals surface area (Å²) in [7, 11) is 0. The highest BCUT2D eigenvalue weighted by Crippen LogP contribution is 2.20. The van der Waals surface area contributed by atoms with Gasteiger partial charge in [0.05, 0.1) is 10.6 Å². The van der Waals surface area contributed by atoms with Crippen LogP contribution in [0.15, 0.2) is 36.5 Å². The predicted octanol–water partition coefficient (Wildman–Crippen LogP) is 2.56. The molecule has 106 valence electrons. The summed E-state index contributed by atoms with van der Waals surface area (Å²) >= 11 is 0. The van der Waals surface area contributed by atoms with Gasteiger partial charge in [-0.15, -0.1) is 0 Å². The molecule has 0 aliphatic heterocycles. The molecule has 0 aliphatic rings. The summed E-state index contributed by atoms with van der Waals surface area (Å²) in [6.45, 7) is 0. The van der Waals surface area contributed by atoms with E-state index in [4.69, 9.17) is 5.11 Å². The van der Waals surface area contributed by atoms with E-state index in [1.165, 1.54) is 24.3 Å². The van der Waals surface area contributed by atoms with Crippen LogP contribution in [0, 0.1) is 10.1 Å². The molecule has 7 nitrogen and oxygen atoms in total. The molecule has 1 heterocycles. The molecule has 2 N–H and O–H groups in total. The zero-order chi connectivity index (χ0) is 15.4. The van der Waals surface area contributed by atoms with Crippen LogP contribution in [0.25, 0.3) is 12.2 Å². The third kappa shape index (κ3) is 3.41. The molecule has 21 heavy (non-hydrogen) atoms. The van der Waals surface area contributed by atoms with Crippen LogP contribution in [0.4, 0.5) is 5.69 Å². The van der Waals surface area contributed by atoms with Crippen molar-refractivity contribution in [1.29, 1.82) is 0 Å². The van der Waals surface area contributed by atoms with E-state index >= 15 is 0 Å². The first kappa shape index (κ1) is 14.2. The Kier molecular flexibility index (Phi) is 3.94. The quantitative estimate of drug-likeness (QED) is 0.659. The second kappa shape index (κ2) is 5.83. The van der Waals surface area contributed by atoms with Gasteiger partial charge >= 0.3 is 5.97 Å². The molecule has 0 fully saturated rings. The number of aromatic hydroxyl groups is 1. The van der Waals surface area contributed by atoms with Crippen LogP contribution >= 0.6 is 0 Å². The van der Waals surface area contributed by atoms with E-state index in [-0.39, 0.29) is 17.0 Å². The minimum absolute atomic E-state index is 0.107. The van der Waals surface area contributed by atoms with Gasteiger partial charge in [0, 0.05) is 6.07 Å². The Morgan fingerprint density at radius 2 is 2.00 bits per heavy atom. The van der Waals surface area contributed by atoms with Gasteiger partial charge in [-0.3, -0.25) is 10.1 Å². The molecule has 0 spiro atoms. The first-order chi connectivity index (χ1) is 9.97. The standard InChI is InChI=1S/C14H10N2O5/c17-13-6-2-9(7-12(13)14(18)19)1-3-10-4-5-11(8-15-10)16(20)21/h1-8,17H,(H,18,19)/b3-1+. The highest BCUT2D eigenvalue weighted by molar-refractivity contribution is 5.91. The molecule has 2 rings (SSSR count). The minimum Gasteiger partial charge on any atom is -0.507 e. The summed E-state index contributed by atoms with van der Waals surface area (Å²) in [5, 5.41) is 28.8. The lowest BCUT2D eigenvalue weighted by atomic mass is 10.1. The normalized spacial score (nSPS) is 10.7. The molecule has 0 saturated carbocycles. The number of aromatic carboxylic acids is 1. The number of benzene rings is 1. The van der Waals surface area contributed by atoms with Gasteiger partial charge in [0.15, 0.2) is 0 Å². The number of phenols is 1.